The number of ether oxygens (including phenoxy) is 1. The van der Waals surface area contributed by atoms with E-state index in [2.05, 4.69) is 9.97 Å². The maximum atomic E-state index is 14.8. The number of halogens is 3. The van der Waals surface area contributed by atoms with Crippen molar-refractivity contribution in [3.63, 3.8) is 0 Å². The highest BCUT2D eigenvalue weighted by atomic mass is 35.5. The van der Waals surface area contributed by atoms with Gasteiger partial charge < -0.3 is 26.8 Å². The molecule has 0 unspecified atom stereocenters. The Bertz CT molecular complexity index is 1340. The van der Waals surface area contributed by atoms with E-state index in [9.17, 15) is 9.18 Å². The fourth-order valence-corrected chi connectivity index (χ4v) is 4.47. The number of nitrogens with one attached hydrogen (secondary N) is 1. The van der Waals surface area contributed by atoms with E-state index in [0.29, 0.717) is 32.6 Å². The van der Waals surface area contributed by atoms with Crippen LogP contribution in [0.2, 0.25) is 10.0 Å². The Morgan fingerprint density at radius 1 is 1.21 bits per heavy atom. The zero-order valence-electron chi connectivity index (χ0n) is 21.0. The van der Waals surface area contributed by atoms with Crippen molar-refractivity contribution in [1.29, 1.82) is 5.41 Å². The fourth-order valence-electron chi connectivity index (χ4n) is 3.79. The lowest BCUT2D eigenvalue weighted by Gasteiger charge is -2.45. The summed E-state index contributed by atoms with van der Waals surface area (Å²) in [7, 11) is 0. The van der Waals surface area contributed by atoms with Gasteiger partial charge in [0, 0.05) is 54.1 Å². The molecular formula is C25H28Cl2FN7O2S. The third-order valence-electron chi connectivity index (χ3n) is 5.75. The van der Waals surface area contributed by atoms with Gasteiger partial charge in [0.1, 0.15) is 17.4 Å². The Kier molecular flexibility index (Phi) is 9.42. The van der Waals surface area contributed by atoms with Crippen molar-refractivity contribution >= 4 is 58.1 Å². The second-order valence-electron chi connectivity index (χ2n) is 8.72. The molecule has 0 aliphatic carbocycles. The second kappa shape index (κ2) is 12.2. The summed E-state index contributed by atoms with van der Waals surface area (Å²) in [4.78, 5) is 21.0. The standard InChI is InChI=1S/C23H22Cl2FN7O2.C2H6S/c1-11(19-15(24)7-31-8-16(19)25)35-13-2-3-18(27)14(5-13)20(28)12-4-17(26)21(32-6-12)33-9-23(30,10-33)22(29)34;1-3-2/h2-8,11,28H,9-10,27,30H2,1H3,(H2,29,34);1-2H3/t11-;/m1./s1. The molecular weight excluding hydrogens is 552 g/mol. The molecule has 3 heterocycles. The van der Waals surface area contributed by atoms with E-state index in [1.807, 2.05) is 12.5 Å². The third-order valence-corrected chi connectivity index (χ3v) is 6.35. The lowest BCUT2D eigenvalue weighted by molar-refractivity contribution is -0.124. The number of rotatable bonds is 7. The van der Waals surface area contributed by atoms with Crippen LogP contribution < -0.4 is 26.8 Å². The molecule has 0 spiro atoms. The fraction of sp³-hybridized carbons (Fsp3) is 0.280. The summed E-state index contributed by atoms with van der Waals surface area (Å²) in [6.45, 7) is 1.88. The number of pyridine rings is 2. The lowest BCUT2D eigenvalue weighted by Crippen LogP contribution is -2.73. The number of thioether (sulfide) groups is 1. The van der Waals surface area contributed by atoms with Crippen molar-refractivity contribution in [2.24, 2.45) is 11.5 Å². The van der Waals surface area contributed by atoms with E-state index in [-0.39, 0.29) is 30.2 Å². The number of aromatic nitrogens is 2. The summed E-state index contributed by atoms with van der Waals surface area (Å²) in [6.07, 6.45) is 7.86. The van der Waals surface area contributed by atoms with E-state index in [1.165, 1.54) is 29.6 Å². The number of hydrogen-bond acceptors (Lipinski definition) is 9. The van der Waals surface area contributed by atoms with Crippen LogP contribution in [0.4, 0.5) is 15.9 Å². The minimum Gasteiger partial charge on any atom is -0.486 e. The zero-order chi connectivity index (χ0) is 28.2. The molecule has 7 N–H and O–H groups in total. The molecule has 3 aromatic rings. The van der Waals surface area contributed by atoms with Crippen molar-refractivity contribution in [3.05, 3.63) is 75.4 Å². The smallest absolute Gasteiger partial charge is 0.241 e. The van der Waals surface area contributed by atoms with Crippen molar-refractivity contribution in [2.75, 3.05) is 36.2 Å². The van der Waals surface area contributed by atoms with Crippen LogP contribution in [-0.4, -0.2) is 52.7 Å². The molecule has 13 heteroatoms. The minimum absolute atomic E-state index is 0.0221. The third kappa shape index (κ3) is 6.29. The molecule has 1 saturated heterocycles. The monoisotopic (exact) mass is 579 g/mol. The SMILES string of the molecule is CSC.C[C@@H](Oc1ccc(N)c(C(=N)c2cnc(N3CC(N)(C(N)=O)C3)c(F)c2)c1)c1c(Cl)cncc1Cl. The highest BCUT2D eigenvalue weighted by Crippen LogP contribution is 2.34. The van der Waals surface area contributed by atoms with Gasteiger partial charge in [0.15, 0.2) is 11.6 Å². The summed E-state index contributed by atoms with van der Waals surface area (Å²) in [5, 5.41) is 9.31. The summed E-state index contributed by atoms with van der Waals surface area (Å²) in [6, 6.07) is 5.99. The molecule has 1 fully saturated rings. The molecule has 2 aromatic heterocycles. The van der Waals surface area contributed by atoms with Crippen LogP contribution in [0.5, 0.6) is 5.75 Å². The van der Waals surface area contributed by atoms with Gasteiger partial charge in [0.05, 0.1) is 15.8 Å². The molecule has 0 bridgehead atoms. The van der Waals surface area contributed by atoms with E-state index in [0.717, 1.165) is 0 Å². The predicted octanol–water partition coefficient (Wildman–Crippen LogP) is 4.04. The van der Waals surface area contributed by atoms with E-state index >= 15 is 0 Å². The number of primary amides is 1. The quantitative estimate of drug-likeness (QED) is 0.241. The number of amides is 1. The van der Waals surface area contributed by atoms with E-state index in [4.69, 9.17) is 50.5 Å². The van der Waals surface area contributed by atoms with Gasteiger partial charge in [-0.2, -0.15) is 11.8 Å². The number of carbonyl (C=O) groups excluding carboxylic acids is 1. The number of nitrogen functional groups attached to an aromatic ring is 1. The summed E-state index contributed by atoms with van der Waals surface area (Å²) in [5.74, 6) is -0.895. The molecule has 0 saturated carbocycles. The molecule has 38 heavy (non-hydrogen) atoms. The molecule has 1 atom stereocenters. The molecule has 0 radical (unpaired) electrons. The molecule has 1 aliphatic rings. The molecule has 9 nitrogen and oxygen atoms in total. The van der Waals surface area contributed by atoms with Crippen LogP contribution in [0.1, 0.15) is 29.7 Å². The van der Waals surface area contributed by atoms with Crippen molar-refractivity contribution in [1.82, 2.24) is 9.97 Å². The average molecular weight is 581 g/mol. The van der Waals surface area contributed by atoms with Gasteiger partial charge in [-0.3, -0.25) is 15.2 Å². The first kappa shape index (κ1) is 29.4. The van der Waals surface area contributed by atoms with Gasteiger partial charge in [-0.15, -0.1) is 0 Å². The van der Waals surface area contributed by atoms with Gasteiger partial charge in [-0.05, 0) is 43.7 Å². The summed E-state index contributed by atoms with van der Waals surface area (Å²) < 4.78 is 20.8. The van der Waals surface area contributed by atoms with Gasteiger partial charge in [-0.25, -0.2) is 9.37 Å². The molecule has 4 rings (SSSR count). The van der Waals surface area contributed by atoms with Crippen molar-refractivity contribution in [2.45, 2.75) is 18.6 Å². The van der Waals surface area contributed by atoms with Gasteiger partial charge in [0.25, 0.3) is 0 Å². The Morgan fingerprint density at radius 3 is 2.37 bits per heavy atom. The predicted molar refractivity (Wildman–Crippen MR) is 152 cm³/mol. The van der Waals surface area contributed by atoms with Gasteiger partial charge >= 0.3 is 0 Å². The molecule has 1 aliphatic heterocycles. The Morgan fingerprint density at radius 2 is 1.82 bits per heavy atom. The molecule has 1 aromatic carbocycles. The van der Waals surface area contributed by atoms with Crippen LogP contribution >= 0.6 is 35.0 Å². The second-order valence-corrected chi connectivity index (χ2v) is 10.3. The Balaban J connectivity index is 0.00000127. The number of hydrogen-bond donors (Lipinski definition) is 4. The first-order chi connectivity index (χ1) is 17.9. The van der Waals surface area contributed by atoms with Gasteiger partial charge in [-0.1, -0.05) is 23.2 Å². The maximum Gasteiger partial charge on any atom is 0.241 e. The van der Waals surface area contributed by atoms with Crippen molar-refractivity contribution < 1.29 is 13.9 Å². The van der Waals surface area contributed by atoms with E-state index in [1.54, 1.807) is 36.9 Å². The van der Waals surface area contributed by atoms with Gasteiger partial charge in [0.2, 0.25) is 5.91 Å². The van der Waals surface area contributed by atoms with Crippen LogP contribution in [-0.2, 0) is 4.79 Å². The number of nitrogens with zero attached hydrogens (tertiary/aromatic N) is 3. The summed E-state index contributed by atoms with van der Waals surface area (Å²) in [5.41, 5.74) is 17.4. The number of benzene rings is 1. The lowest BCUT2D eigenvalue weighted by atomic mass is 9.90. The first-order valence-corrected chi connectivity index (χ1v) is 13.6. The highest BCUT2D eigenvalue weighted by molar-refractivity contribution is 7.97. The number of nitrogens with two attached hydrogens (primary N) is 3. The largest absolute Gasteiger partial charge is 0.486 e. The number of anilines is 2. The van der Waals surface area contributed by atoms with Crippen LogP contribution in [0.3, 0.4) is 0 Å². The van der Waals surface area contributed by atoms with Crippen LogP contribution in [0.15, 0.2) is 42.9 Å². The maximum absolute atomic E-state index is 14.8. The zero-order valence-corrected chi connectivity index (χ0v) is 23.3. The Hall–Kier alpha value is -3.12. The van der Waals surface area contributed by atoms with Crippen molar-refractivity contribution in [3.8, 4) is 5.75 Å². The van der Waals surface area contributed by atoms with Crippen LogP contribution in [0, 0.1) is 11.2 Å². The van der Waals surface area contributed by atoms with E-state index < -0.39 is 23.4 Å². The first-order valence-electron chi connectivity index (χ1n) is 11.3. The normalized spacial score (nSPS) is 14.6. The molecule has 202 valence electrons. The Labute approximate surface area is 234 Å². The van der Waals surface area contributed by atoms with Crippen LogP contribution in [0.25, 0.3) is 0 Å². The average Bonchev–Trinajstić information content (AvgIpc) is 2.83. The summed E-state index contributed by atoms with van der Waals surface area (Å²) >= 11 is 14.2. The topological polar surface area (TPSA) is 157 Å². The minimum atomic E-state index is -1.21. The highest BCUT2D eigenvalue weighted by Gasteiger charge is 2.46. The molecule has 1 amide bonds. The number of carbonyl (C=O) groups is 1.